The van der Waals surface area contributed by atoms with Gasteiger partial charge >= 0.3 is 0 Å². The topological polar surface area (TPSA) is 73.8 Å². The number of nitrogens with zero attached hydrogens (tertiary/aromatic N) is 4. The lowest BCUT2D eigenvalue weighted by Crippen LogP contribution is -2.06. The summed E-state index contributed by atoms with van der Waals surface area (Å²) in [5, 5.41) is 9.30. The summed E-state index contributed by atoms with van der Waals surface area (Å²) in [6.07, 6.45) is 5.10. The molecule has 0 atom stereocenters. The third-order valence-corrected chi connectivity index (χ3v) is 5.20. The Hall–Kier alpha value is -3.19. The highest BCUT2D eigenvalue weighted by Crippen LogP contribution is 2.25. The number of carbonyl (C=O) groups is 1. The molecule has 0 bridgehead atoms. The SMILES string of the molecule is Cc1ccc(C(=O)CSc2nnc(-c3cccnc3)n2Cc2ccco2)cc1. The van der Waals surface area contributed by atoms with Gasteiger partial charge in [-0.15, -0.1) is 10.2 Å². The summed E-state index contributed by atoms with van der Waals surface area (Å²) < 4.78 is 7.44. The Morgan fingerprint density at radius 1 is 1.11 bits per heavy atom. The summed E-state index contributed by atoms with van der Waals surface area (Å²) in [4.78, 5) is 16.7. The molecule has 6 nitrogen and oxygen atoms in total. The van der Waals surface area contributed by atoms with E-state index < -0.39 is 0 Å². The fourth-order valence-electron chi connectivity index (χ4n) is 2.76. The van der Waals surface area contributed by atoms with E-state index in [2.05, 4.69) is 15.2 Å². The van der Waals surface area contributed by atoms with Gasteiger partial charge in [0.25, 0.3) is 0 Å². The minimum Gasteiger partial charge on any atom is -0.467 e. The summed E-state index contributed by atoms with van der Waals surface area (Å²) >= 11 is 1.37. The molecule has 0 radical (unpaired) electrons. The van der Waals surface area contributed by atoms with Crippen LogP contribution in [0.4, 0.5) is 0 Å². The maximum Gasteiger partial charge on any atom is 0.192 e. The zero-order valence-corrected chi connectivity index (χ0v) is 16.1. The summed E-state index contributed by atoms with van der Waals surface area (Å²) in [5.41, 5.74) is 2.68. The number of aryl methyl sites for hydroxylation is 1. The molecule has 0 aliphatic rings. The van der Waals surface area contributed by atoms with Crippen LogP contribution in [0.1, 0.15) is 21.7 Å². The van der Waals surface area contributed by atoms with Gasteiger partial charge in [-0.1, -0.05) is 41.6 Å². The number of aromatic nitrogens is 4. The van der Waals surface area contributed by atoms with Gasteiger partial charge in [-0.3, -0.25) is 14.3 Å². The van der Waals surface area contributed by atoms with Crippen molar-refractivity contribution in [1.29, 1.82) is 0 Å². The monoisotopic (exact) mass is 390 g/mol. The minimum atomic E-state index is 0.0560. The van der Waals surface area contributed by atoms with Gasteiger partial charge in [-0.2, -0.15) is 0 Å². The third-order valence-electron chi connectivity index (χ3n) is 4.24. The zero-order valence-electron chi connectivity index (χ0n) is 15.3. The fraction of sp³-hybridized carbons (Fsp3) is 0.143. The molecule has 4 aromatic rings. The first-order valence-electron chi connectivity index (χ1n) is 8.79. The first-order chi connectivity index (χ1) is 13.7. The highest BCUT2D eigenvalue weighted by molar-refractivity contribution is 7.99. The van der Waals surface area contributed by atoms with Gasteiger partial charge < -0.3 is 4.42 Å². The van der Waals surface area contributed by atoms with Crippen molar-refractivity contribution in [2.75, 3.05) is 5.75 Å². The molecule has 0 amide bonds. The number of hydrogen-bond acceptors (Lipinski definition) is 6. The van der Waals surface area contributed by atoms with E-state index in [1.807, 2.05) is 60.0 Å². The van der Waals surface area contributed by atoms with Crippen molar-refractivity contribution in [3.8, 4) is 11.4 Å². The molecule has 0 spiro atoms. The lowest BCUT2D eigenvalue weighted by molar-refractivity contribution is 0.102. The zero-order chi connectivity index (χ0) is 19.3. The Morgan fingerprint density at radius 2 is 1.96 bits per heavy atom. The molecule has 7 heteroatoms. The van der Waals surface area contributed by atoms with Gasteiger partial charge in [-0.05, 0) is 31.2 Å². The molecule has 3 heterocycles. The Kier molecular flexibility index (Phi) is 5.34. The average Bonchev–Trinajstić information content (AvgIpc) is 3.38. The summed E-state index contributed by atoms with van der Waals surface area (Å²) in [6.45, 7) is 2.48. The molecule has 0 fully saturated rings. The first-order valence-corrected chi connectivity index (χ1v) is 9.78. The molecule has 1 aromatic carbocycles. The second-order valence-corrected chi connectivity index (χ2v) is 7.23. The maximum absolute atomic E-state index is 12.5. The Morgan fingerprint density at radius 3 is 2.68 bits per heavy atom. The van der Waals surface area contributed by atoms with E-state index in [1.54, 1.807) is 18.7 Å². The lowest BCUT2D eigenvalue weighted by atomic mass is 10.1. The highest BCUT2D eigenvalue weighted by atomic mass is 32.2. The molecule has 3 aromatic heterocycles. The van der Waals surface area contributed by atoms with E-state index in [0.717, 1.165) is 16.9 Å². The molecule has 0 saturated carbocycles. The molecular weight excluding hydrogens is 372 g/mol. The van der Waals surface area contributed by atoms with Crippen LogP contribution in [0.15, 0.2) is 76.8 Å². The minimum absolute atomic E-state index is 0.0560. The summed E-state index contributed by atoms with van der Waals surface area (Å²) in [6, 6.07) is 15.1. The van der Waals surface area contributed by atoms with Crippen molar-refractivity contribution in [3.63, 3.8) is 0 Å². The van der Waals surface area contributed by atoms with Crippen molar-refractivity contribution in [2.45, 2.75) is 18.6 Å². The number of thioether (sulfide) groups is 1. The molecule has 0 N–H and O–H groups in total. The fourth-order valence-corrected chi connectivity index (χ4v) is 3.59. The predicted molar refractivity (Wildman–Crippen MR) is 107 cm³/mol. The molecule has 140 valence electrons. The van der Waals surface area contributed by atoms with Crippen molar-refractivity contribution in [2.24, 2.45) is 0 Å². The van der Waals surface area contributed by atoms with Crippen LogP contribution >= 0.6 is 11.8 Å². The number of benzene rings is 1. The van der Waals surface area contributed by atoms with Crippen LogP contribution in [0.3, 0.4) is 0 Å². The van der Waals surface area contributed by atoms with Crippen LogP contribution in [-0.4, -0.2) is 31.3 Å². The van der Waals surface area contributed by atoms with Crippen molar-refractivity contribution >= 4 is 17.5 Å². The van der Waals surface area contributed by atoms with Crippen LogP contribution in [0, 0.1) is 6.92 Å². The standard InChI is InChI=1S/C21H18N4O2S/c1-15-6-8-16(9-7-15)19(26)14-28-21-24-23-20(17-4-2-10-22-12-17)25(21)13-18-5-3-11-27-18/h2-12H,13-14H2,1H3. The van der Waals surface area contributed by atoms with Crippen LogP contribution in [0.5, 0.6) is 0 Å². The van der Waals surface area contributed by atoms with Crippen LogP contribution < -0.4 is 0 Å². The Bertz CT molecular complexity index is 1060. The van der Waals surface area contributed by atoms with Gasteiger partial charge in [0.2, 0.25) is 0 Å². The highest BCUT2D eigenvalue weighted by Gasteiger charge is 2.17. The second-order valence-electron chi connectivity index (χ2n) is 6.29. The van der Waals surface area contributed by atoms with Gasteiger partial charge in [0.15, 0.2) is 16.8 Å². The van der Waals surface area contributed by atoms with Gasteiger partial charge in [-0.25, -0.2) is 0 Å². The number of pyridine rings is 1. The summed E-state index contributed by atoms with van der Waals surface area (Å²) in [5.74, 6) is 1.82. The number of hydrogen-bond donors (Lipinski definition) is 0. The molecule has 0 unspecified atom stereocenters. The van der Waals surface area contributed by atoms with E-state index in [0.29, 0.717) is 23.1 Å². The van der Waals surface area contributed by atoms with Gasteiger partial charge in [0.1, 0.15) is 5.76 Å². The quantitative estimate of drug-likeness (QED) is 0.347. The van der Waals surface area contributed by atoms with Crippen LogP contribution in [0.25, 0.3) is 11.4 Å². The van der Waals surface area contributed by atoms with Gasteiger partial charge in [0, 0.05) is 23.5 Å². The van der Waals surface area contributed by atoms with Crippen molar-refractivity contribution < 1.29 is 9.21 Å². The molecule has 28 heavy (non-hydrogen) atoms. The molecule has 4 rings (SSSR count). The van der Waals surface area contributed by atoms with E-state index in [1.165, 1.54) is 11.8 Å². The van der Waals surface area contributed by atoms with Crippen molar-refractivity contribution in [3.05, 3.63) is 84.1 Å². The van der Waals surface area contributed by atoms with Crippen LogP contribution in [0.2, 0.25) is 0 Å². The molecule has 0 aliphatic carbocycles. The number of furan rings is 1. The number of Topliss-reactive ketones (excluding diaryl/α,β-unsaturated/α-hetero) is 1. The number of rotatable bonds is 7. The van der Waals surface area contributed by atoms with E-state index in [-0.39, 0.29) is 11.5 Å². The largest absolute Gasteiger partial charge is 0.467 e. The smallest absolute Gasteiger partial charge is 0.192 e. The molecule has 0 saturated heterocycles. The lowest BCUT2D eigenvalue weighted by Gasteiger charge is -2.08. The van der Waals surface area contributed by atoms with E-state index in [9.17, 15) is 4.79 Å². The second kappa shape index (κ2) is 8.22. The van der Waals surface area contributed by atoms with Crippen molar-refractivity contribution in [1.82, 2.24) is 19.7 Å². The maximum atomic E-state index is 12.5. The van der Waals surface area contributed by atoms with E-state index >= 15 is 0 Å². The van der Waals surface area contributed by atoms with Gasteiger partial charge in [0.05, 0.1) is 18.6 Å². The first kappa shape index (κ1) is 18.2. The summed E-state index contributed by atoms with van der Waals surface area (Å²) in [7, 11) is 0. The Balaban J connectivity index is 1.58. The number of carbonyl (C=O) groups excluding carboxylic acids is 1. The Labute approximate surface area is 166 Å². The predicted octanol–water partition coefficient (Wildman–Crippen LogP) is 4.26. The number of ketones is 1. The molecular formula is C21H18N4O2S. The average molecular weight is 390 g/mol. The van der Waals surface area contributed by atoms with E-state index in [4.69, 9.17) is 4.42 Å². The molecule has 0 aliphatic heterocycles. The van der Waals surface area contributed by atoms with Crippen LogP contribution in [-0.2, 0) is 6.54 Å². The third kappa shape index (κ3) is 4.04. The normalized spacial score (nSPS) is 10.9.